The lowest BCUT2D eigenvalue weighted by molar-refractivity contribution is 0.614. The molecule has 0 bridgehead atoms. The average Bonchev–Trinajstić information content (AvgIpc) is 0.722. The summed E-state index contributed by atoms with van der Waals surface area (Å²) in [5, 5.41) is 0. The standard InChI is InChI=1S/CH5O2SSi/c1-4(2,3)5/h5H2,1H3. The fraction of sp³-hybridized carbons (Fsp3) is 1.00. The molecule has 0 aliphatic rings. The number of rotatable bonds is 0. The van der Waals surface area contributed by atoms with Crippen LogP contribution in [0, 0.1) is 0 Å². The molecule has 0 rings (SSSR count). The summed E-state index contributed by atoms with van der Waals surface area (Å²) in [7, 11) is -1.66. The SMILES string of the molecule is CS(=O)(=O)[SiH2]. The van der Waals surface area contributed by atoms with Gasteiger partial charge in [-0.2, -0.15) is 0 Å². The highest BCUT2D eigenvalue weighted by atomic mass is 32.4. The maximum Gasteiger partial charge on any atom is 0.167 e. The van der Waals surface area contributed by atoms with E-state index < -0.39 is 9.29 Å². The molecular weight excluding hydrogens is 104 g/mol. The Balaban J connectivity index is 4.06. The van der Waals surface area contributed by atoms with Crippen LogP contribution in [0.4, 0.5) is 0 Å². The Morgan fingerprint density at radius 1 is 1.60 bits per heavy atom. The van der Waals surface area contributed by atoms with Gasteiger partial charge in [-0.3, -0.25) is 0 Å². The van der Waals surface area contributed by atoms with Crippen LogP contribution in [-0.4, -0.2) is 24.1 Å². The Bertz CT molecular complexity index is 92.8. The van der Waals surface area contributed by atoms with E-state index in [2.05, 4.69) is 0 Å². The molecule has 4 heteroatoms. The van der Waals surface area contributed by atoms with Gasteiger partial charge in [-0.1, -0.05) is 0 Å². The van der Waals surface area contributed by atoms with Crippen LogP contribution in [0.2, 0.25) is 0 Å². The highest BCUT2D eigenvalue weighted by Gasteiger charge is 1.79. The van der Waals surface area contributed by atoms with Gasteiger partial charge in [0.1, 0.15) is 9.29 Å². The van der Waals surface area contributed by atoms with Gasteiger partial charge in [0.15, 0.2) is 9.39 Å². The first kappa shape index (κ1) is 5.17. The fourth-order valence-corrected chi connectivity index (χ4v) is 0. The molecule has 0 spiro atoms. The normalized spacial score (nSPS) is 11.6. The van der Waals surface area contributed by atoms with Gasteiger partial charge in [-0.05, 0) is 0 Å². The van der Waals surface area contributed by atoms with Gasteiger partial charge >= 0.3 is 0 Å². The largest absolute Gasteiger partial charge is 0.237 e. The van der Waals surface area contributed by atoms with Gasteiger partial charge < -0.3 is 0 Å². The zero-order valence-corrected chi connectivity index (χ0v) is 5.16. The van der Waals surface area contributed by atoms with Crippen LogP contribution < -0.4 is 0 Å². The molecule has 0 saturated heterocycles. The minimum atomic E-state index is -2.64. The summed E-state index contributed by atoms with van der Waals surface area (Å²) < 4.78 is 19.3. The quantitative estimate of drug-likeness (QED) is 0.358. The summed E-state index contributed by atoms with van der Waals surface area (Å²) in [6.07, 6.45) is 1.17. The van der Waals surface area contributed by atoms with Crippen LogP contribution in [-0.2, 0) is 9.29 Å². The zero-order valence-electron chi connectivity index (χ0n) is 2.93. The third kappa shape index (κ3) is 703. The lowest BCUT2D eigenvalue weighted by atomic mass is 12.0. The van der Waals surface area contributed by atoms with Crippen molar-refractivity contribution in [2.45, 2.75) is 0 Å². The molecule has 2 nitrogen and oxygen atoms in total. The van der Waals surface area contributed by atoms with Crippen LogP contribution in [0.25, 0.3) is 0 Å². The van der Waals surface area contributed by atoms with Crippen molar-refractivity contribution in [1.82, 2.24) is 0 Å². The van der Waals surface area contributed by atoms with Crippen molar-refractivity contribution in [1.29, 1.82) is 0 Å². The molecule has 5 heavy (non-hydrogen) atoms. The molecule has 0 aliphatic heterocycles. The molecule has 1 radical (unpaired) electrons. The van der Waals surface area contributed by atoms with Crippen molar-refractivity contribution < 1.29 is 8.42 Å². The van der Waals surface area contributed by atoms with E-state index >= 15 is 0 Å². The molecule has 0 aromatic rings. The summed E-state index contributed by atoms with van der Waals surface area (Å²) in [4.78, 5) is 0. The molecule has 0 N–H and O–H groups in total. The second-order valence-corrected chi connectivity index (χ2v) is 5.92. The Morgan fingerprint density at radius 2 is 1.60 bits per heavy atom. The van der Waals surface area contributed by atoms with Gasteiger partial charge in [0.25, 0.3) is 0 Å². The van der Waals surface area contributed by atoms with E-state index in [1.54, 1.807) is 0 Å². The molecular formula is CH5O2SSi. The van der Waals surface area contributed by atoms with Crippen LogP contribution in [0.1, 0.15) is 0 Å². The molecule has 31 valence electrons. The first-order valence-corrected chi connectivity index (χ1v) is 4.82. The molecule has 0 fully saturated rings. The lowest BCUT2D eigenvalue weighted by Crippen LogP contribution is -1.89. The predicted molar refractivity (Wildman–Crippen MR) is 23.4 cm³/mol. The second kappa shape index (κ2) is 1.10. The summed E-state index contributed by atoms with van der Waals surface area (Å²) in [5.74, 6) is 0. The minimum Gasteiger partial charge on any atom is -0.237 e. The molecule has 0 unspecified atom stereocenters. The first-order chi connectivity index (χ1) is 2.00. The molecule has 0 heterocycles. The lowest BCUT2D eigenvalue weighted by Gasteiger charge is -1.69. The minimum absolute atomic E-state index is 0.984. The van der Waals surface area contributed by atoms with Crippen molar-refractivity contribution in [2.75, 3.05) is 6.26 Å². The Labute approximate surface area is 34.2 Å². The Morgan fingerprint density at radius 3 is 1.60 bits per heavy atom. The Kier molecular flexibility index (Phi) is 1.14. The van der Waals surface area contributed by atoms with Crippen LogP contribution >= 0.6 is 0 Å². The number of hydrogen-bond donors (Lipinski definition) is 0. The topological polar surface area (TPSA) is 34.1 Å². The number of hydrogen-bond acceptors (Lipinski definition) is 2. The second-order valence-electron chi connectivity index (χ2n) is 0.926. The molecule has 0 amide bonds. The smallest absolute Gasteiger partial charge is 0.167 e. The summed E-state index contributed by atoms with van der Waals surface area (Å²) in [5.41, 5.74) is 0. The van der Waals surface area contributed by atoms with Crippen LogP contribution in [0.15, 0.2) is 0 Å². The summed E-state index contributed by atoms with van der Waals surface area (Å²) in [6, 6.07) is 0. The van der Waals surface area contributed by atoms with Gasteiger partial charge in [0.05, 0.1) is 0 Å². The zero-order chi connectivity index (χ0) is 4.50. The van der Waals surface area contributed by atoms with Gasteiger partial charge in [-0.25, -0.2) is 8.42 Å². The molecule has 0 aliphatic carbocycles. The summed E-state index contributed by atoms with van der Waals surface area (Å²) in [6.45, 7) is 0. The van der Waals surface area contributed by atoms with E-state index in [0.29, 0.717) is 0 Å². The van der Waals surface area contributed by atoms with Crippen LogP contribution in [0.3, 0.4) is 0 Å². The Hall–Kier alpha value is 0.167. The molecule has 0 saturated carbocycles. The van der Waals surface area contributed by atoms with E-state index in [1.165, 1.54) is 6.26 Å². The average molecular weight is 109 g/mol. The van der Waals surface area contributed by atoms with E-state index in [9.17, 15) is 8.42 Å². The van der Waals surface area contributed by atoms with Crippen molar-refractivity contribution >= 4 is 18.7 Å². The van der Waals surface area contributed by atoms with Crippen LogP contribution in [0.5, 0.6) is 0 Å². The highest BCUT2D eigenvalue weighted by Crippen LogP contribution is 1.59. The van der Waals surface area contributed by atoms with E-state index in [4.69, 9.17) is 0 Å². The first-order valence-electron chi connectivity index (χ1n) is 1.03. The van der Waals surface area contributed by atoms with E-state index in [0.717, 1.165) is 9.39 Å². The third-order valence-electron chi connectivity index (χ3n) is 0. The van der Waals surface area contributed by atoms with E-state index in [-0.39, 0.29) is 0 Å². The fourth-order valence-electron chi connectivity index (χ4n) is 0. The molecule has 0 aromatic carbocycles. The summed E-state index contributed by atoms with van der Waals surface area (Å²) >= 11 is 0. The molecule has 0 aromatic heterocycles. The van der Waals surface area contributed by atoms with E-state index in [1.807, 2.05) is 0 Å². The maximum absolute atomic E-state index is 9.64. The van der Waals surface area contributed by atoms with Crippen molar-refractivity contribution in [3.63, 3.8) is 0 Å². The predicted octanol–water partition coefficient (Wildman–Crippen LogP) is -1.42. The van der Waals surface area contributed by atoms with Gasteiger partial charge in [-0.15, -0.1) is 0 Å². The highest BCUT2D eigenvalue weighted by molar-refractivity contribution is 8.11. The molecule has 0 atom stereocenters. The monoisotopic (exact) mass is 109 g/mol. The van der Waals surface area contributed by atoms with Crippen molar-refractivity contribution in [3.8, 4) is 0 Å². The van der Waals surface area contributed by atoms with Crippen molar-refractivity contribution in [2.24, 2.45) is 0 Å². The van der Waals surface area contributed by atoms with Gasteiger partial charge in [0.2, 0.25) is 0 Å². The van der Waals surface area contributed by atoms with Crippen molar-refractivity contribution in [3.05, 3.63) is 0 Å². The third-order valence-corrected chi connectivity index (χ3v) is 0. The van der Waals surface area contributed by atoms with Gasteiger partial charge in [0, 0.05) is 6.26 Å². The maximum atomic E-state index is 9.64.